The van der Waals surface area contributed by atoms with E-state index in [-0.39, 0.29) is 12.5 Å². The largest absolute Gasteiger partial charge is 0.468 e. The van der Waals surface area contributed by atoms with E-state index in [0.717, 1.165) is 0 Å². The van der Waals surface area contributed by atoms with Crippen molar-refractivity contribution in [2.24, 2.45) is 0 Å². The van der Waals surface area contributed by atoms with Gasteiger partial charge in [0.1, 0.15) is 12.3 Å². The van der Waals surface area contributed by atoms with Crippen molar-refractivity contribution in [3.8, 4) is 0 Å². The SMILES string of the molecule is COC(=O)CN(C)C(=O)C=Cc1ccco1. The van der Waals surface area contributed by atoms with Crippen molar-refractivity contribution in [3.05, 3.63) is 30.2 Å². The zero-order valence-electron chi connectivity index (χ0n) is 9.17. The molecule has 5 heteroatoms. The lowest BCUT2D eigenvalue weighted by molar-refractivity contribution is -0.144. The summed E-state index contributed by atoms with van der Waals surface area (Å²) in [7, 11) is 2.80. The van der Waals surface area contributed by atoms with Crippen molar-refractivity contribution in [2.75, 3.05) is 20.7 Å². The van der Waals surface area contributed by atoms with Gasteiger partial charge in [-0.15, -0.1) is 0 Å². The quantitative estimate of drug-likeness (QED) is 0.562. The summed E-state index contributed by atoms with van der Waals surface area (Å²) in [6.45, 7) is -0.0716. The molecule has 16 heavy (non-hydrogen) atoms. The number of carbonyl (C=O) groups is 2. The van der Waals surface area contributed by atoms with Gasteiger partial charge in [0, 0.05) is 13.1 Å². The second-order valence-electron chi connectivity index (χ2n) is 3.12. The van der Waals surface area contributed by atoms with Crippen LogP contribution in [0.1, 0.15) is 5.76 Å². The Kier molecular flexibility index (Phi) is 4.32. The highest BCUT2D eigenvalue weighted by Crippen LogP contribution is 2.02. The van der Waals surface area contributed by atoms with Crippen LogP contribution in [0.2, 0.25) is 0 Å². The van der Waals surface area contributed by atoms with Gasteiger partial charge in [-0.3, -0.25) is 9.59 Å². The molecule has 1 aromatic heterocycles. The molecule has 0 N–H and O–H groups in total. The van der Waals surface area contributed by atoms with Crippen LogP contribution in [0.15, 0.2) is 28.9 Å². The van der Waals surface area contributed by atoms with Gasteiger partial charge in [0.15, 0.2) is 0 Å². The maximum atomic E-state index is 11.5. The average Bonchev–Trinajstić information content (AvgIpc) is 2.78. The van der Waals surface area contributed by atoms with E-state index in [9.17, 15) is 9.59 Å². The minimum atomic E-state index is -0.456. The molecular formula is C11H13NO4. The van der Waals surface area contributed by atoms with Gasteiger partial charge in [-0.25, -0.2) is 0 Å². The van der Waals surface area contributed by atoms with Crippen molar-refractivity contribution in [2.45, 2.75) is 0 Å². The summed E-state index contributed by atoms with van der Waals surface area (Å²) >= 11 is 0. The van der Waals surface area contributed by atoms with Crippen molar-refractivity contribution < 1.29 is 18.7 Å². The fourth-order valence-corrected chi connectivity index (χ4v) is 1.00. The van der Waals surface area contributed by atoms with E-state index < -0.39 is 5.97 Å². The van der Waals surface area contributed by atoms with Gasteiger partial charge in [-0.2, -0.15) is 0 Å². The molecule has 0 saturated heterocycles. The number of hydrogen-bond donors (Lipinski definition) is 0. The molecule has 1 heterocycles. The number of furan rings is 1. The molecule has 0 atom stereocenters. The fraction of sp³-hybridized carbons (Fsp3) is 0.273. The summed E-state index contributed by atoms with van der Waals surface area (Å²) in [5, 5.41) is 0. The van der Waals surface area contributed by atoms with Crippen LogP contribution in [0.3, 0.4) is 0 Å². The molecule has 1 aromatic rings. The number of ether oxygens (including phenoxy) is 1. The molecule has 86 valence electrons. The smallest absolute Gasteiger partial charge is 0.325 e. The van der Waals surface area contributed by atoms with Crippen molar-refractivity contribution in [1.29, 1.82) is 0 Å². The lowest BCUT2D eigenvalue weighted by atomic mass is 10.3. The molecule has 1 rings (SSSR count). The zero-order chi connectivity index (χ0) is 12.0. The van der Waals surface area contributed by atoms with Gasteiger partial charge in [0.2, 0.25) is 5.91 Å². The van der Waals surface area contributed by atoms with Crippen molar-refractivity contribution in [3.63, 3.8) is 0 Å². The van der Waals surface area contributed by atoms with E-state index in [0.29, 0.717) is 5.76 Å². The minimum absolute atomic E-state index is 0.0716. The number of amides is 1. The minimum Gasteiger partial charge on any atom is -0.468 e. The predicted molar refractivity (Wildman–Crippen MR) is 57.4 cm³/mol. The summed E-state index contributed by atoms with van der Waals surface area (Å²) in [5.74, 6) is -0.163. The van der Waals surface area contributed by atoms with E-state index in [1.54, 1.807) is 12.1 Å². The molecule has 0 aliphatic rings. The lowest BCUT2D eigenvalue weighted by Gasteiger charge is -2.12. The third-order valence-electron chi connectivity index (χ3n) is 1.90. The Hall–Kier alpha value is -2.04. The molecule has 5 nitrogen and oxygen atoms in total. The van der Waals surface area contributed by atoms with Crippen molar-refractivity contribution in [1.82, 2.24) is 4.90 Å². The molecule has 0 fully saturated rings. The fourth-order valence-electron chi connectivity index (χ4n) is 1.00. The predicted octanol–water partition coefficient (Wildman–Crippen LogP) is 0.924. The molecule has 0 aromatic carbocycles. The second-order valence-corrected chi connectivity index (χ2v) is 3.12. The van der Waals surface area contributed by atoms with Crippen LogP contribution in [0.25, 0.3) is 6.08 Å². The van der Waals surface area contributed by atoms with Crippen LogP contribution in [-0.4, -0.2) is 37.5 Å². The summed E-state index contributed by atoms with van der Waals surface area (Å²) < 4.78 is 9.46. The van der Waals surface area contributed by atoms with Crippen LogP contribution < -0.4 is 0 Å². The summed E-state index contributed by atoms with van der Waals surface area (Å²) in [4.78, 5) is 23.6. The number of rotatable bonds is 4. The highest BCUT2D eigenvalue weighted by Gasteiger charge is 2.09. The highest BCUT2D eigenvalue weighted by molar-refractivity contribution is 5.93. The Morgan fingerprint density at radius 1 is 1.56 bits per heavy atom. The third-order valence-corrected chi connectivity index (χ3v) is 1.90. The van der Waals surface area contributed by atoms with Gasteiger partial charge in [0.05, 0.1) is 13.4 Å². The average molecular weight is 223 g/mol. The van der Waals surface area contributed by atoms with E-state index in [2.05, 4.69) is 4.74 Å². The monoisotopic (exact) mass is 223 g/mol. The molecule has 0 aliphatic carbocycles. The number of carbonyl (C=O) groups excluding carboxylic acids is 2. The topological polar surface area (TPSA) is 59.8 Å². The Morgan fingerprint density at radius 2 is 2.31 bits per heavy atom. The Balaban J connectivity index is 2.49. The number of methoxy groups -OCH3 is 1. The van der Waals surface area contributed by atoms with Crippen LogP contribution in [-0.2, 0) is 14.3 Å². The maximum Gasteiger partial charge on any atom is 0.325 e. The van der Waals surface area contributed by atoms with Crippen LogP contribution in [0.4, 0.5) is 0 Å². The van der Waals surface area contributed by atoms with E-state index in [4.69, 9.17) is 4.42 Å². The first-order valence-corrected chi connectivity index (χ1v) is 4.67. The molecule has 0 radical (unpaired) electrons. The number of likely N-dealkylation sites (N-methyl/N-ethyl adjacent to an activating group) is 1. The van der Waals surface area contributed by atoms with Gasteiger partial charge in [-0.05, 0) is 18.2 Å². The maximum absolute atomic E-state index is 11.5. The Labute approximate surface area is 93.3 Å². The summed E-state index contributed by atoms with van der Waals surface area (Å²) in [6, 6.07) is 3.45. The number of hydrogen-bond acceptors (Lipinski definition) is 4. The van der Waals surface area contributed by atoms with Gasteiger partial charge in [-0.1, -0.05) is 0 Å². The van der Waals surface area contributed by atoms with E-state index in [1.165, 1.54) is 37.5 Å². The normalized spacial score (nSPS) is 10.4. The molecule has 0 aliphatic heterocycles. The van der Waals surface area contributed by atoms with Crippen LogP contribution in [0, 0.1) is 0 Å². The molecule has 0 unspecified atom stereocenters. The van der Waals surface area contributed by atoms with Gasteiger partial charge >= 0.3 is 5.97 Å². The Bertz CT molecular complexity index is 381. The second kappa shape index (κ2) is 5.75. The third kappa shape index (κ3) is 3.61. The number of esters is 1. The molecule has 0 bridgehead atoms. The summed E-state index contributed by atoms with van der Waals surface area (Å²) in [6.07, 6.45) is 4.39. The van der Waals surface area contributed by atoms with Crippen molar-refractivity contribution >= 4 is 18.0 Å². The first-order chi connectivity index (χ1) is 7.63. The molecule has 0 spiro atoms. The molecule has 0 saturated carbocycles. The Morgan fingerprint density at radius 3 is 2.88 bits per heavy atom. The molecule has 1 amide bonds. The molecular weight excluding hydrogens is 210 g/mol. The van der Waals surface area contributed by atoms with Gasteiger partial charge in [0.25, 0.3) is 0 Å². The van der Waals surface area contributed by atoms with Gasteiger partial charge < -0.3 is 14.1 Å². The zero-order valence-corrected chi connectivity index (χ0v) is 9.17. The first kappa shape index (κ1) is 12.0. The van der Waals surface area contributed by atoms with Crippen LogP contribution in [0.5, 0.6) is 0 Å². The van der Waals surface area contributed by atoms with E-state index in [1.807, 2.05) is 0 Å². The van der Waals surface area contributed by atoms with Crippen LogP contribution >= 0.6 is 0 Å². The highest BCUT2D eigenvalue weighted by atomic mass is 16.5. The summed E-state index contributed by atoms with van der Waals surface area (Å²) in [5.41, 5.74) is 0. The first-order valence-electron chi connectivity index (χ1n) is 4.67. The number of nitrogens with zero attached hydrogens (tertiary/aromatic N) is 1. The standard InChI is InChI=1S/C11H13NO4/c1-12(8-11(14)15-2)10(13)6-5-9-4-3-7-16-9/h3-7H,8H2,1-2H3. The lowest BCUT2D eigenvalue weighted by Crippen LogP contribution is -2.31. The van der Waals surface area contributed by atoms with E-state index >= 15 is 0 Å².